The minimum Gasteiger partial charge on any atom is -0.495 e. The van der Waals surface area contributed by atoms with E-state index >= 15 is 0 Å². The van der Waals surface area contributed by atoms with Crippen LogP contribution in [-0.4, -0.2) is 18.4 Å². The van der Waals surface area contributed by atoms with Crippen molar-refractivity contribution in [1.82, 2.24) is 4.98 Å². The third-order valence-corrected chi connectivity index (χ3v) is 4.02. The first kappa shape index (κ1) is 15.7. The van der Waals surface area contributed by atoms with Gasteiger partial charge in [0.2, 0.25) is 0 Å². The van der Waals surface area contributed by atoms with Gasteiger partial charge in [0, 0.05) is 17.1 Å². The molecule has 0 radical (unpaired) electrons. The van der Waals surface area contributed by atoms with Crippen LogP contribution in [0, 0.1) is 0 Å². The Balaban J connectivity index is 1.66. The fourth-order valence-electron chi connectivity index (χ4n) is 2.54. The molecular formula is C17H11ClF2N2O3. The quantitative estimate of drug-likeness (QED) is 0.711. The highest BCUT2D eigenvalue weighted by atomic mass is 35.5. The van der Waals surface area contributed by atoms with Crippen LogP contribution >= 0.6 is 11.6 Å². The Hall–Kier alpha value is -2.80. The van der Waals surface area contributed by atoms with Crippen LogP contribution in [-0.2, 0) is 0 Å². The van der Waals surface area contributed by atoms with Gasteiger partial charge in [-0.05, 0) is 36.4 Å². The summed E-state index contributed by atoms with van der Waals surface area (Å²) < 4.78 is 40.2. The topological polar surface area (TPSA) is 52.6 Å². The largest absolute Gasteiger partial charge is 0.586 e. The highest BCUT2D eigenvalue weighted by Crippen LogP contribution is 2.42. The van der Waals surface area contributed by atoms with Crippen molar-refractivity contribution in [3.05, 3.63) is 47.5 Å². The zero-order chi connectivity index (χ0) is 17.6. The highest BCUT2D eigenvalue weighted by Gasteiger charge is 2.43. The van der Waals surface area contributed by atoms with Gasteiger partial charge in [-0.25, -0.2) is 4.98 Å². The zero-order valence-electron chi connectivity index (χ0n) is 12.8. The lowest BCUT2D eigenvalue weighted by atomic mass is 10.2. The second kappa shape index (κ2) is 5.63. The first-order valence-corrected chi connectivity index (χ1v) is 7.63. The van der Waals surface area contributed by atoms with E-state index in [2.05, 4.69) is 19.8 Å². The Bertz CT molecular complexity index is 982. The van der Waals surface area contributed by atoms with Gasteiger partial charge in [0.05, 0.1) is 12.6 Å². The number of alkyl halides is 2. The molecule has 1 aliphatic heterocycles. The van der Waals surface area contributed by atoms with E-state index in [0.29, 0.717) is 27.8 Å². The number of ether oxygens (including phenoxy) is 3. The second-order valence-electron chi connectivity index (χ2n) is 5.30. The fourth-order valence-corrected chi connectivity index (χ4v) is 2.83. The zero-order valence-corrected chi connectivity index (χ0v) is 13.6. The van der Waals surface area contributed by atoms with Gasteiger partial charge < -0.3 is 19.5 Å². The van der Waals surface area contributed by atoms with Crippen molar-refractivity contribution in [1.29, 1.82) is 0 Å². The molecule has 1 aromatic heterocycles. The van der Waals surface area contributed by atoms with Crippen molar-refractivity contribution in [3.8, 4) is 17.2 Å². The Morgan fingerprint density at radius 3 is 2.64 bits per heavy atom. The molecule has 1 N–H and O–H groups in total. The van der Waals surface area contributed by atoms with E-state index in [1.165, 1.54) is 19.2 Å². The average Bonchev–Trinajstić information content (AvgIpc) is 2.89. The summed E-state index contributed by atoms with van der Waals surface area (Å²) in [7, 11) is 1.53. The molecule has 0 saturated carbocycles. The fraction of sp³-hybridized carbons (Fsp3) is 0.118. The molecule has 128 valence electrons. The van der Waals surface area contributed by atoms with Crippen molar-refractivity contribution in [3.63, 3.8) is 0 Å². The van der Waals surface area contributed by atoms with Gasteiger partial charge in [-0.15, -0.1) is 8.78 Å². The molecule has 8 heteroatoms. The minimum atomic E-state index is -3.65. The second-order valence-corrected chi connectivity index (χ2v) is 5.68. The van der Waals surface area contributed by atoms with Gasteiger partial charge >= 0.3 is 6.29 Å². The van der Waals surface area contributed by atoms with E-state index in [-0.39, 0.29) is 11.5 Å². The molecule has 25 heavy (non-hydrogen) atoms. The van der Waals surface area contributed by atoms with Gasteiger partial charge in [-0.3, -0.25) is 0 Å². The first-order valence-electron chi connectivity index (χ1n) is 7.25. The summed E-state index contributed by atoms with van der Waals surface area (Å²) in [6, 6.07) is 11.6. The lowest BCUT2D eigenvalue weighted by Crippen LogP contribution is -2.25. The number of halogens is 3. The monoisotopic (exact) mass is 364 g/mol. The number of methoxy groups -OCH3 is 1. The smallest absolute Gasteiger partial charge is 0.495 e. The van der Waals surface area contributed by atoms with E-state index in [1.54, 1.807) is 18.2 Å². The Morgan fingerprint density at radius 1 is 1.08 bits per heavy atom. The number of hydrogen-bond acceptors (Lipinski definition) is 5. The lowest BCUT2D eigenvalue weighted by molar-refractivity contribution is -0.286. The molecule has 0 bridgehead atoms. The van der Waals surface area contributed by atoms with Gasteiger partial charge in [0.25, 0.3) is 0 Å². The normalized spacial score (nSPS) is 14.6. The van der Waals surface area contributed by atoms with Crippen LogP contribution in [0.3, 0.4) is 0 Å². The van der Waals surface area contributed by atoms with Crippen LogP contribution in [0.15, 0.2) is 42.5 Å². The maximum absolute atomic E-state index is 13.1. The summed E-state index contributed by atoms with van der Waals surface area (Å²) in [4.78, 5) is 4.46. The third kappa shape index (κ3) is 2.87. The summed E-state index contributed by atoms with van der Waals surface area (Å²) in [5.74, 6) is 0.947. The van der Waals surface area contributed by atoms with Crippen LogP contribution in [0.25, 0.3) is 10.9 Å². The van der Waals surface area contributed by atoms with Crippen molar-refractivity contribution in [2.24, 2.45) is 0 Å². The van der Waals surface area contributed by atoms with Crippen molar-refractivity contribution in [2.75, 3.05) is 12.4 Å². The molecule has 3 aromatic rings. The number of rotatable bonds is 3. The molecule has 0 spiro atoms. The molecule has 0 amide bonds. The summed E-state index contributed by atoms with van der Waals surface area (Å²) in [6.07, 6.45) is -3.65. The highest BCUT2D eigenvalue weighted by molar-refractivity contribution is 6.36. The number of anilines is 2. The Morgan fingerprint density at radius 2 is 1.84 bits per heavy atom. The van der Waals surface area contributed by atoms with Crippen LogP contribution < -0.4 is 19.5 Å². The number of nitrogens with one attached hydrogen (secondary N) is 1. The predicted molar refractivity (Wildman–Crippen MR) is 89.2 cm³/mol. The maximum Gasteiger partial charge on any atom is 0.586 e. The molecule has 0 unspecified atom stereocenters. The molecular weight excluding hydrogens is 354 g/mol. The number of benzene rings is 2. The SMILES string of the molecule is COc1ccc2ccc(Nc3ccc4c(c3)OC(F)(F)O4)nc2c1Cl. The standard InChI is InChI=1S/C17H11ClF2N2O3/c1-23-12-5-2-9-3-7-14(22-16(9)15(12)18)21-10-4-6-11-13(8-10)25-17(19,20)24-11/h2-8H,1H3,(H,21,22). The molecule has 0 aliphatic carbocycles. The van der Waals surface area contributed by atoms with Crippen molar-refractivity contribution in [2.45, 2.75) is 6.29 Å². The molecule has 1 aliphatic rings. The van der Waals surface area contributed by atoms with Gasteiger partial charge in [-0.2, -0.15) is 0 Å². The maximum atomic E-state index is 13.1. The lowest BCUT2D eigenvalue weighted by Gasteiger charge is -2.10. The van der Waals surface area contributed by atoms with Crippen molar-refractivity contribution < 1.29 is 23.0 Å². The van der Waals surface area contributed by atoms with Crippen LogP contribution in [0.1, 0.15) is 0 Å². The molecule has 0 fully saturated rings. The van der Waals surface area contributed by atoms with Crippen LogP contribution in [0.4, 0.5) is 20.3 Å². The van der Waals surface area contributed by atoms with E-state index in [9.17, 15) is 8.78 Å². The Kier molecular flexibility index (Phi) is 3.54. The molecule has 4 rings (SSSR count). The number of aromatic nitrogens is 1. The first-order chi connectivity index (χ1) is 11.9. The van der Waals surface area contributed by atoms with Crippen LogP contribution in [0.2, 0.25) is 5.02 Å². The van der Waals surface area contributed by atoms with E-state index < -0.39 is 6.29 Å². The number of fused-ring (bicyclic) bond motifs is 2. The summed E-state index contributed by atoms with van der Waals surface area (Å²) >= 11 is 6.29. The summed E-state index contributed by atoms with van der Waals surface area (Å²) in [6.45, 7) is 0. The Labute approximate surface area is 146 Å². The van der Waals surface area contributed by atoms with Gasteiger partial charge in [-0.1, -0.05) is 11.6 Å². The number of hydrogen-bond donors (Lipinski definition) is 1. The van der Waals surface area contributed by atoms with Gasteiger partial charge in [0.1, 0.15) is 16.6 Å². The van der Waals surface area contributed by atoms with Crippen LogP contribution in [0.5, 0.6) is 17.2 Å². The molecule has 0 saturated heterocycles. The van der Waals surface area contributed by atoms with Crippen molar-refractivity contribution >= 4 is 34.0 Å². The summed E-state index contributed by atoms with van der Waals surface area (Å²) in [5.41, 5.74) is 1.09. The number of nitrogens with zero attached hydrogens (tertiary/aromatic N) is 1. The number of pyridine rings is 1. The van der Waals surface area contributed by atoms with Gasteiger partial charge in [0.15, 0.2) is 11.5 Å². The predicted octanol–water partition coefficient (Wildman–Crippen LogP) is 4.96. The van der Waals surface area contributed by atoms with E-state index in [1.807, 2.05) is 12.1 Å². The van der Waals surface area contributed by atoms with E-state index in [4.69, 9.17) is 16.3 Å². The average molecular weight is 365 g/mol. The minimum absolute atomic E-state index is 0.0187. The van der Waals surface area contributed by atoms with E-state index in [0.717, 1.165) is 5.39 Å². The summed E-state index contributed by atoms with van der Waals surface area (Å²) in [5, 5.41) is 4.27. The molecule has 2 heterocycles. The molecule has 0 atom stereocenters. The molecule has 2 aromatic carbocycles. The molecule has 5 nitrogen and oxygen atoms in total. The third-order valence-electron chi connectivity index (χ3n) is 3.66.